The topological polar surface area (TPSA) is 84.5 Å². The van der Waals surface area contributed by atoms with Gasteiger partial charge in [0.25, 0.3) is 0 Å². The Kier molecular flexibility index (Phi) is 8.51. The van der Waals surface area contributed by atoms with Gasteiger partial charge in [-0.2, -0.15) is 0 Å². The Morgan fingerprint density at radius 3 is 1.82 bits per heavy atom. The lowest BCUT2D eigenvalue weighted by atomic mass is 9.84. The highest BCUT2D eigenvalue weighted by Gasteiger charge is 2.35. The molecule has 0 radical (unpaired) electrons. The molecule has 0 saturated carbocycles. The Morgan fingerprint density at radius 1 is 0.824 bits per heavy atom. The third-order valence-electron chi connectivity index (χ3n) is 5.45. The largest absolute Gasteiger partial charge is 0.467 e. The number of esters is 1. The summed E-state index contributed by atoms with van der Waals surface area (Å²) in [7, 11) is 1.26. The number of ether oxygens (including phenoxy) is 1. The van der Waals surface area contributed by atoms with Crippen LogP contribution in [0.4, 0.5) is 4.39 Å². The summed E-state index contributed by atoms with van der Waals surface area (Å²) >= 11 is 0. The molecule has 7 heteroatoms. The molecule has 0 unspecified atom stereocenters. The Bertz CT molecular complexity index is 1060. The molecule has 0 fully saturated rings. The molecule has 34 heavy (non-hydrogen) atoms. The molecule has 3 aromatic rings. The van der Waals surface area contributed by atoms with Crippen LogP contribution < -0.4 is 10.6 Å². The quantitative estimate of drug-likeness (QED) is 0.478. The van der Waals surface area contributed by atoms with Crippen LogP contribution in [0.5, 0.6) is 0 Å². The fraction of sp³-hybridized carbons (Fsp3) is 0.222. The minimum absolute atomic E-state index is 0.126. The van der Waals surface area contributed by atoms with Gasteiger partial charge in [-0.05, 0) is 28.8 Å². The van der Waals surface area contributed by atoms with Crippen LogP contribution >= 0.6 is 0 Å². The second-order valence-electron chi connectivity index (χ2n) is 7.89. The molecule has 2 amide bonds. The first-order valence-electron chi connectivity index (χ1n) is 10.9. The van der Waals surface area contributed by atoms with E-state index in [1.165, 1.54) is 26.2 Å². The summed E-state index contributed by atoms with van der Waals surface area (Å²) in [6.45, 7) is 1.31. The first-order chi connectivity index (χ1) is 16.4. The predicted octanol–water partition coefficient (Wildman–Crippen LogP) is 3.36. The molecule has 0 aromatic heterocycles. The van der Waals surface area contributed by atoms with E-state index in [-0.39, 0.29) is 6.42 Å². The van der Waals surface area contributed by atoms with E-state index >= 15 is 0 Å². The molecule has 2 atom stereocenters. The van der Waals surface area contributed by atoms with Crippen molar-refractivity contribution in [3.63, 3.8) is 0 Å². The van der Waals surface area contributed by atoms with E-state index in [1.54, 1.807) is 12.1 Å². The fourth-order valence-electron chi connectivity index (χ4n) is 3.87. The van der Waals surface area contributed by atoms with Gasteiger partial charge in [-0.3, -0.25) is 9.59 Å². The number of hydrogen-bond donors (Lipinski definition) is 2. The first-order valence-corrected chi connectivity index (χ1v) is 10.9. The Hall–Kier alpha value is -4.00. The van der Waals surface area contributed by atoms with Gasteiger partial charge in [0.15, 0.2) is 0 Å². The van der Waals surface area contributed by atoms with Gasteiger partial charge in [-0.15, -0.1) is 0 Å². The normalized spacial score (nSPS) is 12.5. The Morgan fingerprint density at radius 2 is 1.35 bits per heavy atom. The molecule has 2 N–H and O–H groups in total. The maximum absolute atomic E-state index is 13.3. The van der Waals surface area contributed by atoms with Crippen molar-refractivity contribution in [2.45, 2.75) is 31.3 Å². The summed E-state index contributed by atoms with van der Waals surface area (Å²) in [5, 5.41) is 5.43. The predicted molar refractivity (Wildman–Crippen MR) is 126 cm³/mol. The van der Waals surface area contributed by atoms with Crippen LogP contribution in [0, 0.1) is 5.82 Å². The molecule has 6 nitrogen and oxygen atoms in total. The van der Waals surface area contributed by atoms with E-state index in [1.807, 2.05) is 60.7 Å². The number of methoxy groups -OCH3 is 1. The molecule has 176 valence electrons. The van der Waals surface area contributed by atoms with Gasteiger partial charge in [0.1, 0.15) is 17.9 Å². The lowest BCUT2D eigenvalue weighted by Crippen LogP contribution is -2.54. The Balaban J connectivity index is 1.94. The van der Waals surface area contributed by atoms with Crippen LogP contribution in [-0.4, -0.2) is 37.0 Å². The number of carbonyl (C=O) groups is 3. The number of amides is 2. The van der Waals surface area contributed by atoms with Gasteiger partial charge in [0.2, 0.25) is 11.8 Å². The molecule has 0 bridgehead atoms. The molecular weight excluding hydrogens is 435 g/mol. The van der Waals surface area contributed by atoms with Crippen LogP contribution in [0.25, 0.3) is 0 Å². The molecule has 3 rings (SSSR count). The average Bonchev–Trinajstić information content (AvgIpc) is 2.85. The van der Waals surface area contributed by atoms with Gasteiger partial charge in [-0.25, -0.2) is 9.18 Å². The third-order valence-corrected chi connectivity index (χ3v) is 5.45. The maximum Gasteiger partial charge on any atom is 0.329 e. The van der Waals surface area contributed by atoms with Crippen molar-refractivity contribution >= 4 is 17.8 Å². The van der Waals surface area contributed by atoms with Crippen molar-refractivity contribution in [3.8, 4) is 0 Å². The van der Waals surface area contributed by atoms with E-state index in [9.17, 15) is 18.8 Å². The number of carbonyl (C=O) groups excluding carboxylic acids is 3. The highest BCUT2D eigenvalue weighted by atomic mass is 19.1. The van der Waals surface area contributed by atoms with Crippen molar-refractivity contribution in [1.29, 1.82) is 0 Å². The van der Waals surface area contributed by atoms with Crippen molar-refractivity contribution < 1.29 is 23.5 Å². The van der Waals surface area contributed by atoms with Crippen LogP contribution in [0.1, 0.15) is 29.5 Å². The van der Waals surface area contributed by atoms with E-state index in [4.69, 9.17) is 4.74 Å². The number of benzene rings is 3. The van der Waals surface area contributed by atoms with E-state index in [0.29, 0.717) is 5.56 Å². The highest BCUT2D eigenvalue weighted by Crippen LogP contribution is 2.29. The zero-order valence-corrected chi connectivity index (χ0v) is 19.0. The second kappa shape index (κ2) is 11.7. The summed E-state index contributed by atoms with van der Waals surface area (Å²) in [4.78, 5) is 38.1. The van der Waals surface area contributed by atoms with Crippen LogP contribution in [0.15, 0.2) is 84.9 Å². The first kappa shape index (κ1) is 24.6. The zero-order chi connectivity index (χ0) is 24.5. The lowest BCUT2D eigenvalue weighted by Gasteiger charge is -2.29. The van der Waals surface area contributed by atoms with Crippen molar-refractivity contribution in [2.24, 2.45) is 0 Å². The lowest BCUT2D eigenvalue weighted by molar-refractivity contribution is -0.145. The smallest absolute Gasteiger partial charge is 0.329 e. The Labute approximate surface area is 198 Å². The van der Waals surface area contributed by atoms with Gasteiger partial charge >= 0.3 is 5.97 Å². The summed E-state index contributed by atoms with van der Waals surface area (Å²) in [5.74, 6) is -2.49. The number of halogens is 1. The van der Waals surface area contributed by atoms with Crippen molar-refractivity contribution in [1.82, 2.24) is 10.6 Å². The minimum Gasteiger partial charge on any atom is -0.467 e. The molecule has 0 saturated heterocycles. The van der Waals surface area contributed by atoms with Gasteiger partial charge < -0.3 is 15.4 Å². The number of rotatable bonds is 9. The highest BCUT2D eigenvalue weighted by molar-refractivity contribution is 5.91. The summed E-state index contributed by atoms with van der Waals surface area (Å²) in [6, 6.07) is 22.3. The van der Waals surface area contributed by atoms with Gasteiger partial charge in [0.05, 0.1) is 7.11 Å². The van der Waals surface area contributed by atoms with Crippen molar-refractivity contribution in [2.75, 3.05) is 7.11 Å². The molecule has 0 aliphatic carbocycles. The summed E-state index contributed by atoms with van der Waals surface area (Å²) < 4.78 is 18.4. The SMILES string of the molecule is COC(=O)[C@@H](NC(=O)[C@@H](Cc1ccc(F)cc1)NC(C)=O)C(c1ccccc1)c1ccccc1. The monoisotopic (exact) mass is 462 g/mol. The third kappa shape index (κ3) is 6.51. The second-order valence-corrected chi connectivity index (χ2v) is 7.89. The molecule has 0 spiro atoms. The average molecular weight is 463 g/mol. The zero-order valence-electron chi connectivity index (χ0n) is 19.0. The number of hydrogen-bond acceptors (Lipinski definition) is 4. The number of nitrogens with one attached hydrogen (secondary N) is 2. The van der Waals surface area contributed by atoms with Crippen molar-refractivity contribution in [3.05, 3.63) is 107 Å². The maximum atomic E-state index is 13.3. The summed E-state index contributed by atoms with van der Waals surface area (Å²) in [5.41, 5.74) is 2.30. The minimum atomic E-state index is -1.05. The molecule has 3 aromatic carbocycles. The molecule has 0 aliphatic heterocycles. The van der Waals surface area contributed by atoms with Crippen LogP contribution in [0.2, 0.25) is 0 Å². The van der Waals surface area contributed by atoms with Gasteiger partial charge in [-0.1, -0.05) is 72.8 Å². The molecular formula is C27H27FN2O4. The van der Waals surface area contributed by atoms with Gasteiger partial charge in [0, 0.05) is 19.3 Å². The van der Waals surface area contributed by atoms with E-state index < -0.39 is 41.6 Å². The van der Waals surface area contributed by atoms with Crippen LogP contribution in [0.3, 0.4) is 0 Å². The fourth-order valence-corrected chi connectivity index (χ4v) is 3.87. The standard InChI is InChI=1S/C27H27FN2O4/c1-18(31)29-23(17-19-13-15-22(28)16-14-19)26(32)30-25(27(33)34-2)24(20-9-5-3-6-10-20)21-11-7-4-8-12-21/h3-16,23-25H,17H2,1-2H3,(H,29,31)(H,30,32)/t23-,25+/m1/s1. The summed E-state index contributed by atoms with van der Waals surface area (Å²) in [6.07, 6.45) is 0.126. The molecule has 0 aliphatic rings. The van der Waals surface area contributed by atoms with E-state index in [0.717, 1.165) is 11.1 Å². The van der Waals surface area contributed by atoms with E-state index in [2.05, 4.69) is 10.6 Å². The van der Waals surface area contributed by atoms with Crippen LogP contribution in [-0.2, 0) is 25.5 Å². The molecule has 0 heterocycles.